The first-order chi connectivity index (χ1) is 10.5. The summed E-state index contributed by atoms with van der Waals surface area (Å²) in [5.74, 6) is -1.27. The van der Waals surface area contributed by atoms with Crippen molar-refractivity contribution in [2.45, 2.75) is 0 Å². The molecule has 22 heavy (non-hydrogen) atoms. The number of phenolic OH excluding ortho intramolecular Hbond substituents is 1. The average molecular weight is 321 g/mol. The molecule has 0 spiro atoms. The zero-order valence-corrected chi connectivity index (χ0v) is 12.3. The van der Waals surface area contributed by atoms with Crippen LogP contribution in [0.4, 0.5) is 11.4 Å². The summed E-state index contributed by atoms with van der Waals surface area (Å²) in [6, 6.07) is 10.5. The molecular weight excluding hydrogens is 308 g/mol. The quantitative estimate of drug-likeness (QED) is 0.759. The smallest absolute Gasteiger partial charge is 0.314 e. The molecule has 7 heteroatoms. The van der Waals surface area contributed by atoms with Gasteiger partial charge in [-0.25, -0.2) is 0 Å². The van der Waals surface area contributed by atoms with Crippen LogP contribution in [0.15, 0.2) is 42.5 Å². The molecule has 2 aromatic carbocycles. The minimum absolute atomic E-state index is 0.0138. The standard InChI is InChI=1S/C15H13ClN2O4/c1-22-13-6-5-10(8-12(13)16)18-15(21)14(20)17-9-3-2-4-11(19)7-9/h2-8,19H,1H3,(H,17,20)(H,18,21). The maximum Gasteiger partial charge on any atom is 0.314 e. The molecule has 0 saturated carbocycles. The number of hydrogen-bond donors (Lipinski definition) is 3. The number of aromatic hydroxyl groups is 1. The van der Waals surface area contributed by atoms with E-state index in [0.717, 1.165) is 0 Å². The summed E-state index contributed by atoms with van der Waals surface area (Å²) in [5, 5.41) is 14.4. The van der Waals surface area contributed by atoms with Crippen LogP contribution >= 0.6 is 11.6 Å². The Morgan fingerprint density at radius 2 is 1.68 bits per heavy atom. The lowest BCUT2D eigenvalue weighted by Gasteiger charge is -2.08. The molecule has 2 rings (SSSR count). The number of methoxy groups -OCH3 is 1. The number of benzene rings is 2. The van der Waals surface area contributed by atoms with Gasteiger partial charge in [-0.3, -0.25) is 9.59 Å². The second-order valence-corrected chi connectivity index (χ2v) is 4.72. The fraction of sp³-hybridized carbons (Fsp3) is 0.0667. The minimum atomic E-state index is -0.863. The summed E-state index contributed by atoms with van der Waals surface area (Å²) in [5.41, 5.74) is 0.676. The summed E-state index contributed by atoms with van der Waals surface area (Å²) in [6.45, 7) is 0. The highest BCUT2D eigenvalue weighted by Gasteiger charge is 2.15. The zero-order valence-electron chi connectivity index (χ0n) is 11.6. The maximum absolute atomic E-state index is 11.8. The van der Waals surface area contributed by atoms with E-state index >= 15 is 0 Å². The van der Waals surface area contributed by atoms with Gasteiger partial charge in [0.15, 0.2) is 0 Å². The van der Waals surface area contributed by atoms with Crippen LogP contribution in [-0.2, 0) is 9.59 Å². The highest BCUT2D eigenvalue weighted by atomic mass is 35.5. The molecular formula is C15H13ClN2O4. The van der Waals surface area contributed by atoms with Crippen molar-refractivity contribution in [1.82, 2.24) is 0 Å². The molecule has 0 atom stereocenters. The van der Waals surface area contributed by atoms with Crippen LogP contribution in [-0.4, -0.2) is 24.0 Å². The van der Waals surface area contributed by atoms with Gasteiger partial charge in [0, 0.05) is 17.4 Å². The number of amides is 2. The maximum atomic E-state index is 11.8. The molecule has 0 heterocycles. The summed E-state index contributed by atoms with van der Waals surface area (Å²) in [4.78, 5) is 23.6. The number of ether oxygens (including phenoxy) is 1. The number of phenols is 1. The first kappa shape index (κ1) is 15.7. The first-order valence-corrected chi connectivity index (χ1v) is 6.62. The third kappa shape index (κ3) is 3.89. The fourth-order valence-corrected chi connectivity index (χ4v) is 1.96. The number of anilines is 2. The van der Waals surface area contributed by atoms with Gasteiger partial charge in [0.05, 0.1) is 12.1 Å². The minimum Gasteiger partial charge on any atom is -0.508 e. The molecule has 0 aromatic heterocycles. The predicted octanol–water partition coefficient (Wildman–Crippen LogP) is 2.63. The molecule has 0 fully saturated rings. The molecule has 0 saturated heterocycles. The molecule has 2 aromatic rings. The zero-order chi connectivity index (χ0) is 16.1. The summed E-state index contributed by atoms with van der Waals surface area (Å²) < 4.78 is 4.99. The van der Waals surface area contributed by atoms with Crippen molar-refractivity contribution >= 4 is 34.8 Å². The van der Waals surface area contributed by atoms with Crippen LogP contribution in [0.5, 0.6) is 11.5 Å². The monoisotopic (exact) mass is 320 g/mol. The molecule has 0 aliphatic heterocycles. The molecule has 114 valence electrons. The second-order valence-electron chi connectivity index (χ2n) is 4.31. The van der Waals surface area contributed by atoms with Gasteiger partial charge in [0.25, 0.3) is 0 Å². The molecule has 0 aliphatic rings. The van der Waals surface area contributed by atoms with Crippen LogP contribution in [0.3, 0.4) is 0 Å². The van der Waals surface area contributed by atoms with Gasteiger partial charge >= 0.3 is 11.8 Å². The lowest BCUT2D eigenvalue weighted by atomic mass is 10.3. The van der Waals surface area contributed by atoms with E-state index in [1.54, 1.807) is 24.3 Å². The van der Waals surface area contributed by atoms with Crippen molar-refractivity contribution in [1.29, 1.82) is 0 Å². The van der Waals surface area contributed by atoms with E-state index in [2.05, 4.69) is 10.6 Å². The number of halogens is 1. The van der Waals surface area contributed by atoms with Gasteiger partial charge in [-0.2, -0.15) is 0 Å². The molecule has 6 nitrogen and oxygen atoms in total. The van der Waals surface area contributed by atoms with Crippen molar-refractivity contribution in [3.05, 3.63) is 47.5 Å². The third-order valence-corrected chi connectivity index (χ3v) is 3.02. The van der Waals surface area contributed by atoms with Crippen LogP contribution in [0, 0.1) is 0 Å². The van der Waals surface area contributed by atoms with Crippen LogP contribution < -0.4 is 15.4 Å². The second kappa shape index (κ2) is 6.82. The highest BCUT2D eigenvalue weighted by molar-refractivity contribution is 6.43. The van der Waals surface area contributed by atoms with E-state index < -0.39 is 11.8 Å². The fourth-order valence-electron chi connectivity index (χ4n) is 1.70. The van der Waals surface area contributed by atoms with Crippen molar-refractivity contribution in [2.24, 2.45) is 0 Å². The van der Waals surface area contributed by atoms with E-state index in [4.69, 9.17) is 16.3 Å². The van der Waals surface area contributed by atoms with Crippen molar-refractivity contribution < 1.29 is 19.4 Å². The average Bonchev–Trinajstić information content (AvgIpc) is 2.47. The van der Waals surface area contributed by atoms with E-state index in [1.165, 1.54) is 25.3 Å². The Kier molecular flexibility index (Phi) is 4.85. The van der Waals surface area contributed by atoms with Crippen LogP contribution in [0.2, 0.25) is 5.02 Å². The summed E-state index contributed by atoms with van der Waals surface area (Å²) >= 11 is 5.94. The summed E-state index contributed by atoms with van der Waals surface area (Å²) in [7, 11) is 1.47. The third-order valence-electron chi connectivity index (χ3n) is 2.72. The molecule has 0 aliphatic carbocycles. The number of carbonyl (C=O) groups is 2. The number of rotatable bonds is 3. The van der Waals surface area contributed by atoms with Gasteiger partial charge < -0.3 is 20.5 Å². The topological polar surface area (TPSA) is 87.7 Å². The Hall–Kier alpha value is -2.73. The van der Waals surface area contributed by atoms with Crippen molar-refractivity contribution in [2.75, 3.05) is 17.7 Å². The Labute approximate surface area is 131 Å². The van der Waals surface area contributed by atoms with Crippen molar-refractivity contribution in [3.8, 4) is 11.5 Å². The van der Waals surface area contributed by atoms with Gasteiger partial charge in [-0.15, -0.1) is 0 Å². The largest absolute Gasteiger partial charge is 0.508 e. The number of nitrogens with one attached hydrogen (secondary N) is 2. The predicted molar refractivity (Wildman–Crippen MR) is 83.4 cm³/mol. The SMILES string of the molecule is COc1ccc(NC(=O)C(=O)Nc2cccc(O)c2)cc1Cl. The number of carbonyl (C=O) groups excluding carboxylic acids is 2. The molecule has 0 unspecified atom stereocenters. The van der Waals surface area contributed by atoms with Crippen LogP contribution in [0.1, 0.15) is 0 Å². The van der Waals surface area contributed by atoms with Gasteiger partial charge in [0.2, 0.25) is 0 Å². The number of hydrogen-bond acceptors (Lipinski definition) is 4. The van der Waals surface area contributed by atoms with Crippen LogP contribution in [0.25, 0.3) is 0 Å². The summed E-state index contributed by atoms with van der Waals surface area (Å²) in [6.07, 6.45) is 0. The van der Waals surface area contributed by atoms with Gasteiger partial charge in [-0.1, -0.05) is 17.7 Å². The van der Waals surface area contributed by atoms with Gasteiger partial charge in [-0.05, 0) is 30.3 Å². The Morgan fingerprint density at radius 1 is 1.05 bits per heavy atom. The molecule has 0 radical (unpaired) electrons. The first-order valence-electron chi connectivity index (χ1n) is 6.24. The molecule has 3 N–H and O–H groups in total. The molecule has 2 amide bonds. The lowest BCUT2D eigenvalue weighted by Crippen LogP contribution is -2.29. The van der Waals surface area contributed by atoms with E-state index in [9.17, 15) is 14.7 Å². The normalized spacial score (nSPS) is 9.91. The lowest BCUT2D eigenvalue weighted by molar-refractivity contribution is -0.132. The van der Waals surface area contributed by atoms with Gasteiger partial charge in [0.1, 0.15) is 11.5 Å². The Bertz CT molecular complexity index is 718. The van der Waals surface area contributed by atoms with E-state index in [0.29, 0.717) is 22.1 Å². The van der Waals surface area contributed by atoms with E-state index in [-0.39, 0.29) is 5.75 Å². The Morgan fingerprint density at radius 3 is 2.23 bits per heavy atom. The van der Waals surface area contributed by atoms with Crippen molar-refractivity contribution in [3.63, 3.8) is 0 Å². The highest BCUT2D eigenvalue weighted by Crippen LogP contribution is 2.27. The Balaban J connectivity index is 2.02. The molecule has 0 bridgehead atoms. The van der Waals surface area contributed by atoms with E-state index in [1.807, 2.05) is 0 Å².